The SMILES string of the molecule is C#CCOC(=O)c1cccc(CN2CCC(=O)CC2)c1. The summed E-state index contributed by atoms with van der Waals surface area (Å²) in [5, 5.41) is 0. The van der Waals surface area contributed by atoms with Crippen LogP contribution in [0.15, 0.2) is 24.3 Å². The molecule has 0 bridgehead atoms. The first kappa shape index (κ1) is 14.3. The molecule has 1 aromatic rings. The Morgan fingerprint density at radius 2 is 2.10 bits per heavy atom. The number of terminal acetylenes is 1. The molecule has 0 aromatic heterocycles. The molecule has 0 spiro atoms. The average molecular weight is 271 g/mol. The van der Waals surface area contributed by atoms with Crippen LogP contribution in [-0.2, 0) is 16.1 Å². The van der Waals surface area contributed by atoms with Gasteiger partial charge in [-0.2, -0.15) is 0 Å². The monoisotopic (exact) mass is 271 g/mol. The van der Waals surface area contributed by atoms with Crippen LogP contribution in [0.1, 0.15) is 28.8 Å². The minimum Gasteiger partial charge on any atom is -0.449 e. The van der Waals surface area contributed by atoms with Crippen LogP contribution >= 0.6 is 0 Å². The van der Waals surface area contributed by atoms with Crippen LogP contribution in [0.25, 0.3) is 0 Å². The lowest BCUT2D eigenvalue weighted by atomic mass is 10.1. The van der Waals surface area contributed by atoms with E-state index < -0.39 is 5.97 Å². The van der Waals surface area contributed by atoms with Crippen LogP contribution < -0.4 is 0 Å². The molecule has 1 heterocycles. The van der Waals surface area contributed by atoms with Crippen LogP contribution in [0.3, 0.4) is 0 Å². The van der Waals surface area contributed by atoms with Crippen LogP contribution in [-0.4, -0.2) is 36.3 Å². The van der Waals surface area contributed by atoms with Gasteiger partial charge in [-0.3, -0.25) is 9.69 Å². The fourth-order valence-corrected chi connectivity index (χ4v) is 2.21. The number of ether oxygens (including phenoxy) is 1. The quantitative estimate of drug-likeness (QED) is 0.617. The van der Waals surface area contributed by atoms with Gasteiger partial charge in [-0.25, -0.2) is 4.79 Å². The van der Waals surface area contributed by atoms with Crippen LogP contribution in [0, 0.1) is 12.3 Å². The highest BCUT2D eigenvalue weighted by atomic mass is 16.5. The summed E-state index contributed by atoms with van der Waals surface area (Å²) in [6.45, 7) is 2.29. The smallest absolute Gasteiger partial charge is 0.339 e. The molecule has 20 heavy (non-hydrogen) atoms. The first-order valence-electron chi connectivity index (χ1n) is 6.62. The molecule has 0 amide bonds. The molecule has 1 fully saturated rings. The summed E-state index contributed by atoms with van der Waals surface area (Å²) in [6.07, 6.45) is 6.29. The Bertz CT molecular complexity index is 535. The Balaban J connectivity index is 1.97. The molecular weight excluding hydrogens is 254 g/mol. The van der Waals surface area contributed by atoms with Crippen molar-refractivity contribution in [1.82, 2.24) is 4.90 Å². The number of hydrogen-bond acceptors (Lipinski definition) is 4. The standard InChI is InChI=1S/C16H17NO3/c1-2-10-20-16(19)14-5-3-4-13(11-14)12-17-8-6-15(18)7-9-17/h1,3-5,11H,6-10,12H2. The Labute approximate surface area is 118 Å². The highest BCUT2D eigenvalue weighted by Crippen LogP contribution is 2.13. The van der Waals surface area contributed by atoms with E-state index in [1.807, 2.05) is 18.2 Å². The van der Waals surface area contributed by atoms with Gasteiger partial charge in [0.1, 0.15) is 5.78 Å². The minimum absolute atomic E-state index is 0.0166. The molecule has 1 aliphatic rings. The highest BCUT2D eigenvalue weighted by Gasteiger charge is 2.16. The Hall–Kier alpha value is -2.12. The van der Waals surface area contributed by atoms with E-state index in [9.17, 15) is 9.59 Å². The van der Waals surface area contributed by atoms with Gasteiger partial charge in [-0.1, -0.05) is 18.1 Å². The summed E-state index contributed by atoms with van der Waals surface area (Å²) in [5.74, 6) is 2.19. The fourth-order valence-electron chi connectivity index (χ4n) is 2.21. The van der Waals surface area contributed by atoms with Crippen molar-refractivity contribution in [2.75, 3.05) is 19.7 Å². The molecule has 0 aliphatic carbocycles. The molecule has 2 rings (SSSR count). The number of piperidine rings is 1. The molecule has 4 heteroatoms. The first-order valence-corrected chi connectivity index (χ1v) is 6.62. The molecule has 0 saturated carbocycles. The number of carbonyl (C=O) groups excluding carboxylic acids is 2. The van der Waals surface area contributed by atoms with Gasteiger partial charge in [0, 0.05) is 32.5 Å². The molecule has 0 radical (unpaired) electrons. The van der Waals surface area contributed by atoms with E-state index in [2.05, 4.69) is 10.8 Å². The summed E-state index contributed by atoms with van der Waals surface area (Å²) < 4.78 is 4.90. The van der Waals surface area contributed by atoms with E-state index in [0.717, 1.165) is 25.2 Å². The molecule has 104 valence electrons. The highest BCUT2D eigenvalue weighted by molar-refractivity contribution is 5.89. The number of esters is 1. The molecule has 0 unspecified atom stereocenters. The number of hydrogen-bond donors (Lipinski definition) is 0. The lowest BCUT2D eigenvalue weighted by molar-refractivity contribution is -0.121. The third-order valence-electron chi connectivity index (χ3n) is 3.27. The van der Waals surface area contributed by atoms with Gasteiger partial charge in [0.05, 0.1) is 5.56 Å². The number of rotatable bonds is 4. The van der Waals surface area contributed by atoms with E-state index in [0.29, 0.717) is 24.2 Å². The Morgan fingerprint density at radius 3 is 2.80 bits per heavy atom. The Kier molecular flexibility index (Phi) is 4.91. The van der Waals surface area contributed by atoms with E-state index >= 15 is 0 Å². The van der Waals surface area contributed by atoms with Crippen LogP contribution in [0.5, 0.6) is 0 Å². The second-order valence-corrected chi connectivity index (χ2v) is 4.80. The second kappa shape index (κ2) is 6.88. The lowest BCUT2D eigenvalue weighted by Gasteiger charge is -2.25. The van der Waals surface area contributed by atoms with Gasteiger partial charge < -0.3 is 4.74 Å². The average Bonchev–Trinajstić information content (AvgIpc) is 2.47. The summed E-state index contributed by atoms with van der Waals surface area (Å²) in [4.78, 5) is 25.1. The summed E-state index contributed by atoms with van der Waals surface area (Å²) >= 11 is 0. The summed E-state index contributed by atoms with van der Waals surface area (Å²) in [6, 6.07) is 7.32. The number of benzene rings is 1. The number of Topliss-reactive ketones (excluding diaryl/α,β-unsaturated/α-hetero) is 1. The van der Waals surface area contributed by atoms with Crippen molar-refractivity contribution in [3.63, 3.8) is 0 Å². The van der Waals surface area contributed by atoms with E-state index in [-0.39, 0.29) is 6.61 Å². The number of carbonyl (C=O) groups is 2. The van der Waals surface area contributed by atoms with Crippen molar-refractivity contribution in [3.8, 4) is 12.3 Å². The molecule has 0 N–H and O–H groups in total. The third-order valence-corrected chi connectivity index (χ3v) is 3.27. The fraction of sp³-hybridized carbons (Fsp3) is 0.375. The van der Waals surface area contributed by atoms with Crippen molar-refractivity contribution in [1.29, 1.82) is 0 Å². The van der Waals surface area contributed by atoms with Gasteiger partial charge >= 0.3 is 5.97 Å². The molecular formula is C16H17NO3. The Morgan fingerprint density at radius 1 is 1.35 bits per heavy atom. The van der Waals surface area contributed by atoms with E-state index in [4.69, 9.17) is 11.2 Å². The maximum absolute atomic E-state index is 11.7. The van der Waals surface area contributed by atoms with Crippen molar-refractivity contribution >= 4 is 11.8 Å². The molecule has 1 aromatic carbocycles. The van der Waals surface area contributed by atoms with Gasteiger partial charge in [0.25, 0.3) is 0 Å². The predicted octanol–water partition coefficient (Wildman–Crippen LogP) is 1.64. The van der Waals surface area contributed by atoms with Crippen LogP contribution in [0.2, 0.25) is 0 Å². The number of ketones is 1. The van der Waals surface area contributed by atoms with Crippen molar-refractivity contribution in [3.05, 3.63) is 35.4 Å². The largest absolute Gasteiger partial charge is 0.449 e. The molecule has 4 nitrogen and oxygen atoms in total. The normalized spacial score (nSPS) is 15.7. The zero-order chi connectivity index (χ0) is 14.4. The van der Waals surface area contributed by atoms with Crippen LogP contribution in [0.4, 0.5) is 0 Å². The zero-order valence-corrected chi connectivity index (χ0v) is 11.3. The topological polar surface area (TPSA) is 46.6 Å². The van der Waals surface area contributed by atoms with Gasteiger partial charge in [-0.15, -0.1) is 6.42 Å². The van der Waals surface area contributed by atoms with Crippen molar-refractivity contribution in [2.45, 2.75) is 19.4 Å². The molecule has 0 atom stereocenters. The maximum atomic E-state index is 11.7. The molecule has 1 saturated heterocycles. The summed E-state index contributed by atoms with van der Waals surface area (Å²) in [5.41, 5.74) is 1.54. The van der Waals surface area contributed by atoms with Crippen molar-refractivity contribution < 1.29 is 14.3 Å². The van der Waals surface area contributed by atoms with Gasteiger partial charge in [-0.05, 0) is 17.7 Å². The number of nitrogens with zero attached hydrogens (tertiary/aromatic N) is 1. The third kappa shape index (κ3) is 3.94. The van der Waals surface area contributed by atoms with E-state index in [1.54, 1.807) is 6.07 Å². The minimum atomic E-state index is -0.404. The predicted molar refractivity (Wildman–Crippen MR) is 75.1 cm³/mol. The van der Waals surface area contributed by atoms with E-state index in [1.165, 1.54) is 0 Å². The number of likely N-dealkylation sites (tertiary alicyclic amines) is 1. The first-order chi connectivity index (χ1) is 9.69. The van der Waals surface area contributed by atoms with Crippen molar-refractivity contribution in [2.24, 2.45) is 0 Å². The summed E-state index contributed by atoms with van der Waals surface area (Å²) in [7, 11) is 0. The van der Waals surface area contributed by atoms with Gasteiger partial charge in [0.15, 0.2) is 6.61 Å². The second-order valence-electron chi connectivity index (χ2n) is 4.80. The molecule has 1 aliphatic heterocycles. The van der Waals surface area contributed by atoms with Gasteiger partial charge in [0.2, 0.25) is 0 Å². The zero-order valence-electron chi connectivity index (χ0n) is 11.3. The maximum Gasteiger partial charge on any atom is 0.339 e. The lowest BCUT2D eigenvalue weighted by Crippen LogP contribution is -2.33.